The van der Waals surface area contributed by atoms with E-state index in [-0.39, 0.29) is 23.2 Å². The molecule has 1 aliphatic rings. The van der Waals surface area contributed by atoms with E-state index in [1.54, 1.807) is 25.1 Å². The molecule has 1 N–H and O–H groups in total. The Balaban J connectivity index is 1.76. The van der Waals surface area contributed by atoms with Crippen molar-refractivity contribution in [2.75, 3.05) is 22.5 Å². The Bertz CT molecular complexity index is 1190. The van der Waals surface area contributed by atoms with Crippen molar-refractivity contribution in [1.29, 1.82) is 0 Å². The summed E-state index contributed by atoms with van der Waals surface area (Å²) in [5, 5.41) is 8.46. The molecule has 1 fully saturated rings. The number of sulfonamides is 1. The molecule has 9 nitrogen and oxygen atoms in total. The first-order chi connectivity index (χ1) is 14.5. The Morgan fingerprint density at radius 1 is 1.35 bits per heavy atom. The fourth-order valence-electron chi connectivity index (χ4n) is 3.35. The van der Waals surface area contributed by atoms with Gasteiger partial charge in [-0.1, -0.05) is 17.8 Å². The van der Waals surface area contributed by atoms with Gasteiger partial charge in [0.25, 0.3) is 0 Å². The van der Waals surface area contributed by atoms with Crippen LogP contribution in [0.5, 0.6) is 0 Å². The molecule has 1 aliphatic heterocycles. The smallest absolute Gasteiger partial charge is 0.229 e. The molecule has 2 aromatic rings. The van der Waals surface area contributed by atoms with E-state index in [1.807, 2.05) is 4.57 Å². The summed E-state index contributed by atoms with van der Waals surface area (Å²) in [7, 11) is -6.46. The highest BCUT2D eigenvalue weighted by Gasteiger charge is 2.33. The maximum atomic E-state index is 12.8. The molecule has 2 atom stereocenters. The first kappa shape index (κ1) is 23.5. The number of allylic oxidation sites excluding steroid dienone is 1. The lowest BCUT2D eigenvalue weighted by atomic mass is 10.1. The average Bonchev–Trinajstić information content (AvgIpc) is 3.23. The number of nitrogens with one attached hydrogen (secondary N) is 1. The first-order valence-electron chi connectivity index (χ1n) is 9.52. The van der Waals surface area contributed by atoms with E-state index in [9.17, 15) is 21.6 Å². The van der Waals surface area contributed by atoms with Crippen molar-refractivity contribution >= 4 is 43.1 Å². The lowest BCUT2D eigenvalue weighted by Gasteiger charge is -2.14. The molecule has 0 amide bonds. The summed E-state index contributed by atoms with van der Waals surface area (Å²) in [4.78, 5) is 12.8. The van der Waals surface area contributed by atoms with E-state index in [0.29, 0.717) is 35.2 Å². The highest BCUT2D eigenvalue weighted by atomic mass is 32.2. The second kappa shape index (κ2) is 9.13. The topological polar surface area (TPSA) is 128 Å². The number of benzene rings is 1. The fraction of sp³-hybridized carbons (Fsp3) is 0.421. The molecule has 3 rings (SSSR count). The van der Waals surface area contributed by atoms with E-state index in [2.05, 4.69) is 21.5 Å². The van der Waals surface area contributed by atoms with Crippen LogP contribution in [-0.4, -0.2) is 60.4 Å². The molecule has 1 aromatic heterocycles. The maximum absolute atomic E-state index is 12.8. The molecule has 1 aromatic carbocycles. The number of nitrogens with zero attached hydrogens (tertiary/aromatic N) is 3. The van der Waals surface area contributed by atoms with Crippen LogP contribution in [-0.2, 0) is 26.4 Å². The molecular weight excluding hydrogens is 460 g/mol. The van der Waals surface area contributed by atoms with Gasteiger partial charge in [-0.3, -0.25) is 9.52 Å². The van der Waals surface area contributed by atoms with Crippen molar-refractivity contribution in [1.82, 2.24) is 14.8 Å². The molecular formula is C19H24N4O5S3. The third kappa shape index (κ3) is 5.95. The lowest BCUT2D eigenvalue weighted by molar-refractivity contribution is 0.0994. The van der Waals surface area contributed by atoms with Crippen molar-refractivity contribution in [3.63, 3.8) is 0 Å². The summed E-state index contributed by atoms with van der Waals surface area (Å²) >= 11 is 1.24. The van der Waals surface area contributed by atoms with Crippen molar-refractivity contribution in [2.24, 2.45) is 0 Å². The Morgan fingerprint density at radius 2 is 2.03 bits per heavy atom. The van der Waals surface area contributed by atoms with Gasteiger partial charge < -0.3 is 4.57 Å². The van der Waals surface area contributed by atoms with Gasteiger partial charge >= 0.3 is 0 Å². The van der Waals surface area contributed by atoms with E-state index in [0.717, 1.165) is 6.26 Å². The molecule has 31 heavy (non-hydrogen) atoms. The van der Waals surface area contributed by atoms with Gasteiger partial charge in [0.15, 0.2) is 20.8 Å². The summed E-state index contributed by atoms with van der Waals surface area (Å²) in [5.74, 6) is 0.427. The van der Waals surface area contributed by atoms with Gasteiger partial charge in [-0.2, -0.15) is 0 Å². The fourth-order valence-corrected chi connectivity index (χ4v) is 6.60. The minimum absolute atomic E-state index is 0.0509. The molecule has 0 aliphatic carbocycles. The zero-order chi connectivity index (χ0) is 22.8. The summed E-state index contributed by atoms with van der Waals surface area (Å²) in [6, 6.07) is 6.20. The summed E-state index contributed by atoms with van der Waals surface area (Å²) in [6.45, 7) is 5.91. The van der Waals surface area contributed by atoms with Crippen LogP contribution < -0.4 is 4.72 Å². The van der Waals surface area contributed by atoms with Gasteiger partial charge in [0.2, 0.25) is 10.0 Å². The van der Waals surface area contributed by atoms with Crippen LogP contribution in [0.25, 0.3) is 0 Å². The highest BCUT2D eigenvalue weighted by molar-refractivity contribution is 8.00. The quantitative estimate of drug-likeness (QED) is 0.326. The largest absolute Gasteiger partial charge is 0.302 e. The van der Waals surface area contributed by atoms with Crippen molar-refractivity contribution < 1.29 is 21.6 Å². The summed E-state index contributed by atoms with van der Waals surface area (Å²) in [5.41, 5.74) is 0.817. The number of rotatable bonds is 9. The lowest BCUT2D eigenvalue weighted by Crippen LogP contribution is -2.16. The van der Waals surface area contributed by atoms with Gasteiger partial charge in [-0.15, -0.1) is 16.8 Å². The van der Waals surface area contributed by atoms with Gasteiger partial charge in [-0.05, 0) is 37.6 Å². The van der Waals surface area contributed by atoms with Crippen LogP contribution in [0, 0.1) is 0 Å². The Hall–Kier alpha value is -2.18. The number of Topliss-reactive ketones (excluding diaryl/α,β-unsaturated/α-hetero) is 1. The van der Waals surface area contributed by atoms with E-state index in [4.69, 9.17) is 0 Å². The molecule has 0 radical (unpaired) electrons. The Labute approximate surface area is 186 Å². The predicted molar refractivity (Wildman–Crippen MR) is 121 cm³/mol. The minimum Gasteiger partial charge on any atom is -0.302 e. The van der Waals surface area contributed by atoms with E-state index in [1.165, 1.54) is 23.9 Å². The number of aromatic nitrogens is 3. The first-order valence-corrected chi connectivity index (χ1v) is 14.1. The molecule has 168 valence electrons. The third-order valence-electron chi connectivity index (χ3n) is 4.78. The Kier molecular flexibility index (Phi) is 6.92. The molecule has 12 heteroatoms. The molecule has 0 spiro atoms. The Morgan fingerprint density at radius 3 is 2.58 bits per heavy atom. The van der Waals surface area contributed by atoms with Gasteiger partial charge in [-0.25, -0.2) is 16.8 Å². The number of hydrogen-bond acceptors (Lipinski definition) is 8. The van der Waals surface area contributed by atoms with Crippen LogP contribution in [0.1, 0.15) is 35.4 Å². The van der Waals surface area contributed by atoms with E-state index >= 15 is 0 Å². The number of anilines is 1. The number of carbonyl (C=O) groups excluding carboxylic acids is 1. The standard InChI is InChI=1S/C19H24N4O5S3/c1-4-10-23-18(15-9-11-31(27,28)12-15)20-21-19(23)29-13(2)17(24)14-5-7-16(8-6-14)22-30(3,25)26/h4-8,13,15,22H,1,9-12H2,2-3H3/t13-,15+/m0/s1. The highest BCUT2D eigenvalue weighted by Crippen LogP contribution is 2.32. The van der Waals surface area contributed by atoms with Gasteiger partial charge in [0.1, 0.15) is 5.82 Å². The third-order valence-corrected chi connectivity index (χ3v) is 8.23. The zero-order valence-electron chi connectivity index (χ0n) is 17.2. The van der Waals surface area contributed by atoms with Crippen molar-refractivity contribution in [3.8, 4) is 0 Å². The SMILES string of the molecule is C=CCn1c(S[C@@H](C)C(=O)c2ccc(NS(C)(=O)=O)cc2)nnc1[C@@H]1CCS(=O)(=O)C1. The molecule has 0 unspecified atom stereocenters. The van der Waals surface area contributed by atoms with Crippen molar-refractivity contribution in [3.05, 3.63) is 48.3 Å². The van der Waals surface area contributed by atoms with Gasteiger partial charge in [0, 0.05) is 23.7 Å². The van der Waals surface area contributed by atoms with Crippen LogP contribution in [0.2, 0.25) is 0 Å². The number of ketones is 1. The maximum Gasteiger partial charge on any atom is 0.229 e. The predicted octanol–water partition coefficient (Wildman–Crippen LogP) is 2.10. The zero-order valence-corrected chi connectivity index (χ0v) is 19.6. The second-order valence-corrected chi connectivity index (χ2v) is 12.7. The van der Waals surface area contributed by atoms with Gasteiger partial charge in [0.05, 0.1) is 23.0 Å². The van der Waals surface area contributed by atoms with Crippen LogP contribution >= 0.6 is 11.8 Å². The van der Waals surface area contributed by atoms with Crippen LogP contribution in [0.15, 0.2) is 42.1 Å². The number of hydrogen-bond donors (Lipinski definition) is 1. The van der Waals surface area contributed by atoms with E-state index < -0.39 is 25.1 Å². The molecule has 0 saturated carbocycles. The molecule has 2 heterocycles. The molecule has 1 saturated heterocycles. The second-order valence-electron chi connectivity index (χ2n) is 7.42. The number of carbonyl (C=O) groups is 1. The minimum atomic E-state index is -3.39. The van der Waals surface area contributed by atoms with Crippen LogP contribution in [0.3, 0.4) is 0 Å². The number of sulfone groups is 1. The summed E-state index contributed by atoms with van der Waals surface area (Å²) < 4.78 is 50.5. The number of thioether (sulfide) groups is 1. The van der Waals surface area contributed by atoms with Crippen LogP contribution in [0.4, 0.5) is 5.69 Å². The average molecular weight is 485 g/mol. The monoisotopic (exact) mass is 484 g/mol. The molecule has 0 bridgehead atoms. The van der Waals surface area contributed by atoms with Crippen molar-refractivity contribution in [2.45, 2.75) is 36.2 Å². The summed E-state index contributed by atoms with van der Waals surface area (Å²) in [6.07, 6.45) is 3.24. The normalized spacial score (nSPS) is 19.1.